The van der Waals surface area contributed by atoms with Gasteiger partial charge in [0, 0.05) is 16.3 Å². The van der Waals surface area contributed by atoms with Gasteiger partial charge in [0.15, 0.2) is 0 Å². The summed E-state index contributed by atoms with van der Waals surface area (Å²) in [4.78, 5) is 12.5. The summed E-state index contributed by atoms with van der Waals surface area (Å²) >= 11 is 1.09. The van der Waals surface area contributed by atoms with E-state index in [1.54, 1.807) is 0 Å². The Morgan fingerprint density at radius 1 is 1.13 bits per heavy atom. The Kier molecular flexibility index (Phi) is 12.4. The van der Waals surface area contributed by atoms with Gasteiger partial charge in [-0.15, -0.1) is 11.8 Å². The van der Waals surface area contributed by atoms with Crippen LogP contribution in [0.5, 0.6) is 0 Å². The SMILES string of the molecule is CC.CC.N#Cc1ccc(NC(=O)C(O)CSc2ccc(F)cc2)cc1C(F)(F)F. The molecule has 0 aliphatic carbocycles. The molecule has 0 saturated carbocycles. The van der Waals surface area contributed by atoms with E-state index in [0.29, 0.717) is 11.0 Å². The molecule has 0 fully saturated rings. The molecule has 0 spiro atoms. The number of amides is 1. The maximum absolute atomic E-state index is 12.9. The number of alkyl halides is 3. The van der Waals surface area contributed by atoms with Gasteiger partial charge in [-0.3, -0.25) is 4.79 Å². The van der Waals surface area contributed by atoms with E-state index in [1.807, 2.05) is 27.7 Å². The molecule has 1 unspecified atom stereocenters. The van der Waals surface area contributed by atoms with Crippen LogP contribution in [0.25, 0.3) is 0 Å². The fourth-order valence-electron chi connectivity index (χ4n) is 1.96. The van der Waals surface area contributed by atoms with Crippen molar-refractivity contribution in [2.24, 2.45) is 0 Å². The maximum atomic E-state index is 12.9. The molecule has 0 radical (unpaired) electrons. The van der Waals surface area contributed by atoms with Crippen molar-refractivity contribution in [1.82, 2.24) is 0 Å². The second kappa shape index (κ2) is 13.6. The summed E-state index contributed by atoms with van der Waals surface area (Å²) < 4.78 is 51.5. The Morgan fingerprint density at radius 2 is 1.70 bits per heavy atom. The number of nitrogens with zero attached hydrogens (tertiary/aromatic N) is 1. The molecule has 0 aliphatic heterocycles. The summed E-state index contributed by atoms with van der Waals surface area (Å²) in [6, 6.07) is 9.56. The molecule has 30 heavy (non-hydrogen) atoms. The molecule has 0 bridgehead atoms. The van der Waals surface area contributed by atoms with E-state index in [1.165, 1.54) is 30.3 Å². The van der Waals surface area contributed by atoms with E-state index < -0.39 is 35.1 Å². The van der Waals surface area contributed by atoms with Gasteiger partial charge in [-0.2, -0.15) is 18.4 Å². The predicted octanol–water partition coefficient (Wildman–Crippen LogP) is 5.86. The van der Waals surface area contributed by atoms with Gasteiger partial charge in [0.25, 0.3) is 5.91 Å². The zero-order chi connectivity index (χ0) is 23.3. The number of benzene rings is 2. The van der Waals surface area contributed by atoms with Crippen LogP contribution < -0.4 is 5.32 Å². The van der Waals surface area contributed by atoms with E-state index in [-0.39, 0.29) is 11.4 Å². The molecular weight excluding hydrogens is 420 g/mol. The quantitative estimate of drug-likeness (QED) is 0.448. The Hall–Kier alpha value is -2.57. The van der Waals surface area contributed by atoms with Gasteiger partial charge in [-0.05, 0) is 42.5 Å². The van der Waals surface area contributed by atoms with E-state index in [9.17, 15) is 27.5 Å². The smallest absolute Gasteiger partial charge is 0.382 e. The predicted molar refractivity (Wildman–Crippen MR) is 111 cm³/mol. The van der Waals surface area contributed by atoms with Crippen LogP contribution in [-0.2, 0) is 11.0 Å². The fourth-order valence-corrected chi connectivity index (χ4v) is 2.79. The summed E-state index contributed by atoms with van der Waals surface area (Å²) in [5, 5.41) is 20.8. The number of aliphatic hydroxyl groups excluding tert-OH is 1. The van der Waals surface area contributed by atoms with Crippen molar-refractivity contribution in [3.8, 4) is 6.07 Å². The standard InChI is InChI=1S/C17H12F4N2O2S.2C2H6/c18-11-2-5-13(6-3-11)26-9-15(24)16(25)23-12-4-1-10(8-22)14(7-12)17(19,20)21;2*1-2/h1-7,15,24H,9H2,(H,23,25);2*1-2H3. The molecule has 2 N–H and O–H groups in total. The third kappa shape index (κ3) is 8.84. The van der Waals surface area contributed by atoms with Crippen LogP contribution in [0.4, 0.5) is 23.2 Å². The monoisotopic (exact) mass is 444 g/mol. The maximum Gasteiger partial charge on any atom is 0.417 e. The number of aliphatic hydroxyl groups is 1. The number of hydrogen-bond donors (Lipinski definition) is 2. The number of hydrogen-bond acceptors (Lipinski definition) is 4. The number of nitriles is 1. The summed E-state index contributed by atoms with van der Waals surface area (Å²) in [6.45, 7) is 8.00. The second-order valence-corrected chi connectivity index (χ2v) is 6.23. The highest BCUT2D eigenvalue weighted by Gasteiger charge is 2.34. The highest BCUT2D eigenvalue weighted by Crippen LogP contribution is 2.33. The summed E-state index contributed by atoms with van der Waals surface area (Å²) in [5.41, 5.74) is -1.93. The lowest BCUT2D eigenvalue weighted by atomic mass is 10.1. The van der Waals surface area contributed by atoms with Crippen LogP contribution in [-0.4, -0.2) is 22.9 Å². The lowest BCUT2D eigenvalue weighted by Gasteiger charge is -2.14. The van der Waals surface area contributed by atoms with Crippen molar-refractivity contribution in [2.75, 3.05) is 11.1 Å². The van der Waals surface area contributed by atoms with Gasteiger partial charge < -0.3 is 10.4 Å². The molecule has 1 atom stereocenters. The first-order chi connectivity index (χ1) is 14.2. The minimum Gasteiger partial charge on any atom is -0.382 e. The number of carbonyl (C=O) groups excluding carboxylic acids is 1. The van der Waals surface area contributed by atoms with Crippen LogP contribution in [0.1, 0.15) is 38.8 Å². The number of carbonyl (C=O) groups is 1. The second-order valence-electron chi connectivity index (χ2n) is 5.14. The highest BCUT2D eigenvalue weighted by molar-refractivity contribution is 7.99. The molecule has 0 aliphatic rings. The van der Waals surface area contributed by atoms with Crippen LogP contribution in [0.2, 0.25) is 0 Å². The number of anilines is 1. The number of nitrogens with one attached hydrogen (secondary N) is 1. The molecule has 0 saturated heterocycles. The van der Waals surface area contributed by atoms with Crippen LogP contribution in [0, 0.1) is 17.1 Å². The van der Waals surface area contributed by atoms with Gasteiger partial charge in [0.2, 0.25) is 0 Å². The van der Waals surface area contributed by atoms with E-state index in [0.717, 1.165) is 23.9 Å². The molecule has 4 nitrogen and oxygen atoms in total. The molecule has 0 heterocycles. The van der Waals surface area contributed by atoms with Crippen molar-refractivity contribution in [1.29, 1.82) is 5.26 Å². The molecule has 164 valence electrons. The zero-order valence-corrected chi connectivity index (χ0v) is 17.9. The average molecular weight is 444 g/mol. The van der Waals surface area contributed by atoms with Gasteiger partial charge >= 0.3 is 6.18 Å². The topological polar surface area (TPSA) is 73.1 Å². The summed E-state index contributed by atoms with van der Waals surface area (Å²) in [6.07, 6.45) is -6.24. The van der Waals surface area contributed by atoms with Gasteiger partial charge in [-0.25, -0.2) is 4.39 Å². The third-order valence-corrected chi connectivity index (χ3v) is 4.33. The highest BCUT2D eigenvalue weighted by atomic mass is 32.2. The minimum absolute atomic E-state index is 0.0696. The molecular formula is C21H24F4N2O2S. The molecule has 2 aromatic carbocycles. The number of thioether (sulfide) groups is 1. The van der Waals surface area contributed by atoms with E-state index in [4.69, 9.17) is 5.26 Å². The van der Waals surface area contributed by atoms with Gasteiger partial charge in [0.05, 0.1) is 17.2 Å². The largest absolute Gasteiger partial charge is 0.417 e. The number of halogens is 4. The van der Waals surface area contributed by atoms with Crippen molar-refractivity contribution in [3.05, 3.63) is 59.4 Å². The Labute approximate surface area is 177 Å². The Bertz CT molecular complexity index is 834. The van der Waals surface area contributed by atoms with Crippen LogP contribution in [0.3, 0.4) is 0 Å². The first-order valence-electron chi connectivity index (χ1n) is 9.19. The normalized spacial score (nSPS) is 11.1. The van der Waals surface area contributed by atoms with E-state index >= 15 is 0 Å². The van der Waals surface area contributed by atoms with Gasteiger partial charge in [-0.1, -0.05) is 27.7 Å². The fraction of sp³-hybridized carbons (Fsp3) is 0.333. The molecule has 0 aromatic heterocycles. The third-order valence-electron chi connectivity index (χ3n) is 3.24. The Balaban J connectivity index is 0.00000198. The van der Waals surface area contributed by atoms with Crippen molar-refractivity contribution in [3.63, 3.8) is 0 Å². The lowest BCUT2D eigenvalue weighted by molar-refractivity contribution is -0.137. The van der Waals surface area contributed by atoms with E-state index in [2.05, 4.69) is 5.32 Å². The Morgan fingerprint density at radius 3 is 2.20 bits per heavy atom. The molecule has 9 heteroatoms. The number of rotatable bonds is 5. The van der Waals surface area contributed by atoms with Crippen LogP contribution in [0.15, 0.2) is 47.4 Å². The zero-order valence-electron chi connectivity index (χ0n) is 17.0. The molecule has 2 aromatic rings. The first-order valence-corrected chi connectivity index (χ1v) is 10.2. The van der Waals surface area contributed by atoms with Crippen molar-refractivity contribution >= 4 is 23.4 Å². The lowest BCUT2D eigenvalue weighted by Crippen LogP contribution is -2.29. The minimum atomic E-state index is -4.75. The first kappa shape index (κ1) is 27.4. The molecule has 2 rings (SSSR count). The molecule has 1 amide bonds. The summed E-state index contributed by atoms with van der Waals surface area (Å²) in [5.74, 6) is -1.38. The average Bonchev–Trinajstić information content (AvgIpc) is 2.75. The summed E-state index contributed by atoms with van der Waals surface area (Å²) in [7, 11) is 0. The van der Waals surface area contributed by atoms with Crippen molar-refractivity contribution in [2.45, 2.75) is 44.9 Å². The van der Waals surface area contributed by atoms with Gasteiger partial charge in [0.1, 0.15) is 11.9 Å². The van der Waals surface area contributed by atoms with Crippen molar-refractivity contribution < 1.29 is 27.5 Å². The van der Waals surface area contributed by atoms with Crippen LogP contribution >= 0.6 is 11.8 Å².